The average molecular weight is 284 g/mol. The number of hydrogen-bond acceptors (Lipinski definition) is 3. The Morgan fingerprint density at radius 2 is 1.80 bits per heavy atom. The van der Waals surface area contributed by atoms with E-state index in [9.17, 15) is 9.18 Å². The first kappa shape index (κ1) is 21.0. The van der Waals surface area contributed by atoms with E-state index in [2.05, 4.69) is 10.3 Å². The van der Waals surface area contributed by atoms with Gasteiger partial charge in [-0.2, -0.15) is 4.39 Å². The third kappa shape index (κ3) is 13.1. The predicted octanol–water partition coefficient (Wildman–Crippen LogP) is 3.76. The number of hydrogen-bond donors (Lipinski definition) is 1. The van der Waals surface area contributed by atoms with Gasteiger partial charge in [0.15, 0.2) is 0 Å². The molecule has 116 valence electrons. The Morgan fingerprint density at radius 3 is 2.10 bits per heavy atom. The van der Waals surface area contributed by atoms with Gasteiger partial charge in [-0.1, -0.05) is 47.6 Å². The summed E-state index contributed by atoms with van der Waals surface area (Å²) in [6.45, 7) is 14.3. The van der Waals surface area contributed by atoms with Crippen LogP contribution in [0.4, 0.5) is 4.39 Å². The van der Waals surface area contributed by atoms with E-state index in [0.29, 0.717) is 12.6 Å². The van der Waals surface area contributed by atoms with E-state index in [0.717, 1.165) is 5.56 Å². The van der Waals surface area contributed by atoms with Crippen LogP contribution in [0.2, 0.25) is 0 Å². The molecule has 1 heterocycles. The first-order valence-electron chi connectivity index (χ1n) is 7.17. The van der Waals surface area contributed by atoms with Gasteiger partial charge in [0, 0.05) is 18.2 Å². The fraction of sp³-hybridized carbons (Fsp3) is 0.625. The molecule has 1 aromatic rings. The third-order valence-electron chi connectivity index (χ3n) is 2.20. The molecule has 1 N–H and O–H groups in total. The van der Waals surface area contributed by atoms with Crippen molar-refractivity contribution in [3.63, 3.8) is 0 Å². The molecule has 0 fully saturated rings. The summed E-state index contributed by atoms with van der Waals surface area (Å²) in [6, 6.07) is 3.43. The topological polar surface area (TPSA) is 42.0 Å². The summed E-state index contributed by atoms with van der Waals surface area (Å²) in [5, 5.41) is 3.08. The van der Waals surface area contributed by atoms with Crippen molar-refractivity contribution in [3.05, 3.63) is 29.8 Å². The molecule has 20 heavy (non-hydrogen) atoms. The number of Topliss-reactive ketones (excluding diaryl/α,β-unsaturated/α-hetero) is 1. The number of carbonyl (C=O) groups excluding carboxylic acids is 1. The molecule has 3 nitrogen and oxygen atoms in total. The Bertz CT molecular complexity index is 327. The van der Waals surface area contributed by atoms with Gasteiger partial charge in [-0.3, -0.25) is 4.79 Å². The van der Waals surface area contributed by atoms with Gasteiger partial charge in [-0.25, -0.2) is 4.98 Å². The fourth-order valence-corrected chi connectivity index (χ4v) is 0.959. The van der Waals surface area contributed by atoms with Gasteiger partial charge in [0.25, 0.3) is 0 Å². The van der Waals surface area contributed by atoms with E-state index in [4.69, 9.17) is 0 Å². The molecule has 0 spiro atoms. The van der Waals surface area contributed by atoms with Gasteiger partial charge in [0.05, 0.1) is 6.54 Å². The van der Waals surface area contributed by atoms with Crippen LogP contribution in [0.3, 0.4) is 0 Å². The summed E-state index contributed by atoms with van der Waals surface area (Å²) < 4.78 is 12.0. The van der Waals surface area contributed by atoms with Crippen LogP contribution in [0, 0.1) is 18.8 Å². The van der Waals surface area contributed by atoms with Crippen LogP contribution in [0.15, 0.2) is 18.3 Å². The highest BCUT2D eigenvalue weighted by Crippen LogP contribution is 1.94. The molecule has 0 aromatic carbocycles. The minimum atomic E-state index is -0.421. The highest BCUT2D eigenvalue weighted by atomic mass is 19.1. The van der Waals surface area contributed by atoms with Crippen molar-refractivity contribution in [2.75, 3.05) is 6.54 Å². The van der Waals surface area contributed by atoms with E-state index in [1.54, 1.807) is 6.07 Å². The molecule has 0 radical (unpaired) electrons. The third-order valence-corrected chi connectivity index (χ3v) is 2.20. The smallest absolute Gasteiger partial charge is 0.212 e. The second-order valence-electron chi connectivity index (χ2n) is 4.81. The molecule has 0 bridgehead atoms. The van der Waals surface area contributed by atoms with E-state index in [-0.39, 0.29) is 11.7 Å². The predicted molar refractivity (Wildman–Crippen MR) is 83.3 cm³/mol. The quantitative estimate of drug-likeness (QED) is 0.856. The largest absolute Gasteiger partial charge is 0.308 e. The highest BCUT2D eigenvalue weighted by Gasteiger charge is 2.06. The average Bonchev–Trinajstić information content (AvgIpc) is 2.42. The minimum Gasteiger partial charge on any atom is -0.308 e. The second kappa shape index (κ2) is 12.7. The molecule has 0 unspecified atom stereocenters. The zero-order valence-corrected chi connectivity index (χ0v) is 13.8. The van der Waals surface area contributed by atoms with E-state index in [1.165, 1.54) is 12.3 Å². The Hall–Kier alpha value is -1.29. The summed E-state index contributed by atoms with van der Waals surface area (Å²) in [4.78, 5) is 14.4. The molecule has 1 aromatic heterocycles. The number of nitrogens with one attached hydrogen (secondary N) is 1. The van der Waals surface area contributed by atoms with Gasteiger partial charge in [-0.15, -0.1) is 0 Å². The van der Waals surface area contributed by atoms with Gasteiger partial charge in [0.1, 0.15) is 5.78 Å². The van der Waals surface area contributed by atoms with Crippen molar-refractivity contribution in [2.45, 2.75) is 54.5 Å². The van der Waals surface area contributed by atoms with Crippen LogP contribution < -0.4 is 5.32 Å². The number of aryl methyl sites for hydroxylation is 1. The van der Waals surface area contributed by atoms with Crippen LogP contribution in [0.1, 0.15) is 47.1 Å². The van der Waals surface area contributed by atoms with Crippen LogP contribution in [0.25, 0.3) is 0 Å². The molecule has 0 amide bonds. The first-order chi connectivity index (χ1) is 9.32. The Morgan fingerprint density at radius 1 is 1.25 bits per heavy atom. The maximum Gasteiger partial charge on any atom is 0.212 e. The Balaban J connectivity index is 0. The molecule has 0 aliphatic rings. The summed E-state index contributed by atoms with van der Waals surface area (Å²) >= 11 is 0. The Kier molecular flexibility index (Phi) is 13.4. The summed E-state index contributed by atoms with van der Waals surface area (Å²) in [5.74, 6) is 0.0237. The van der Waals surface area contributed by atoms with Crippen LogP contribution in [-0.2, 0) is 4.79 Å². The summed E-state index contributed by atoms with van der Waals surface area (Å²) in [6.07, 6.45) is 1.50. The van der Waals surface area contributed by atoms with Crippen molar-refractivity contribution in [1.29, 1.82) is 0 Å². The zero-order chi connectivity index (χ0) is 16.1. The van der Waals surface area contributed by atoms with Crippen molar-refractivity contribution in [3.8, 4) is 0 Å². The summed E-state index contributed by atoms with van der Waals surface area (Å²) in [5.41, 5.74) is 0.978. The molecule has 1 rings (SSSR count). The van der Waals surface area contributed by atoms with Gasteiger partial charge >= 0.3 is 0 Å². The molecule has 4 heteroatoms. The maximum atomic E-state index is 12.0. The molecular weight excluding hydrogens is 255 g/mol. The number of ketones is 1. The number of rotatable bonds is 4. The van der Waals surface area contributed by atoms with Crippen molar-refractivity contribution >= 4 is 5.78 Å². The van der Waals surface area contributed by atoms with E-state index < -0.39 is 5.95 Å². The lowest BCUT2D eigenvalue weighted by molar-refractivity contribution is -0.121. The van der Waals surface area contributed by atoms with Crippen LogP contribution >= 0.6 is 0 Å². The van der Waals surface area contributed by atoms with E-state index in [1.807, 2.05) is 48.5 Å². The second-order valence-corrected chi connectivity index (χ2v) is 4.81. The molecule has 0 aliphatic carbocycles. The monoisotopic (exact) mass is 284 g/mol. The molecular formula is C16H29FN2O. The Labute approximate surface area is 123 Å². The maximum absolute atomic E-state index is 12.0. The minimum absolute atomic E-state index is 0.159. The first-order valence-corrected chi connectivity index (χ1v) is 7.17. The highest BCUT2D eigenvalue weighted by molar-refractivity contribution is 5.82. The normalized spacial score (nSPS) is 9.50. The number of pyridine rings is 1. The lowest BCUT2D eigenvalue weighted by atomic mass is 10.1. The standard InChI is InChI=1S/C8H17NO.C6H6FN.C2H6/c1-6(2)8(10)5-9-7(3)4;1-5-2-3-6(7)8-4-5;1-2/h6-7,9H,5H2,1-4H3;2-4H,1H3;1-2H3. The van der Waals surface area contributed by atoms with Gasteiger partial charge in [-0.05, 0) is 18.6 Å². The zero-order valence-electron chi connectivity index (χ0n) is 13.8. The lowest BCUT2D eigenvalue weighted by Crippen LogP contribution is -2.31. The SMILES string of the molecule is CC.CC(C)NCC(=O)C(C)C.Cc1ccc(F)nc1. The van der Waals surface area contributed by atoms with Crippen molar-refractivity contribution in [1.82, 2.24) is 10.3 Å². The summed E-state index contributed by atoms with van der Waals surface area (Å²) in [7, 11) is 0. The molecule has 0 atom stereocenters. The number of nitrogens with zero attached hydrogens (tertiary/aromatic N) is 1. The van der Waals surface area contributed by atoms with Crippen molar-refractivity contribution in [2.24, 2.45) is 5.92 Å². The number of halogens is 1. The van der Waals surface area contributed by atoms with Crippen LogP contribution in [-0.4, -0.2) is 23.4 Å². The fourth-order valence-electron chi connectivity index (χ4n) is 0.959. The van der Waals surface area contributed by atoms with Crippen LogP contribution in [0.5, 0.6) is 0 Å². The van der Waals surface area contributed by atoms with Gasteiger partial charge in [0.2, 0.25) is 5.95 Å². The number of carbonyl (C=O) groups is 1. The number of aromatic nitrogens is 1. The molecule has 0 saturated heterocycles. The molecule has 0 aliphatic heterocycles. The van der Waals surface area contributed by atoms with Crippen molar-refractivity contribution < 1.29 is 9.18 Å². The molecule has 0 saturated carbocycles. The lowest BCUT2D eigenvalue weighted by Gasteiger charge is -2.08. The van der Waals surface area contributed by atoms with Gasteiger partial charge < -0.3 is 5.32 Å². The van der Waals surface area contributed by atoms with E-state index >= 15 is 0 Å².